The highest BCUT2D eigenvalue weighted by atomic mass is 32.1. The molecule has 0 fully saturated rings. The van der Waals surface area contributed by atoms with E-state index < -0.39 is 5.97 Å². The molecule has 0 atom stereocenters. The monoisotopic (exact) mass is 306 g/mol. The Labute approximate surface area is 125 Å². The molecule has 7 nitrogen and oxygen atoms in total. The molecule has 8 heteroatoms. The molecule has 0 saturated heterocycles. The molecule has 0 aliphatic carbocycles. The first kappa shape index (κ1) is 14.9. The largest absolute Gasteiger partial charge is 0.481 e. The molecule has 2 N–H and O–H groups in total. The maximum atomic E-state index is 12.0. The van der Waals surface area contributed by atoms with Gasteiger partial charge in [0.25, 0.3) is 0 Å². The third-order valence-corrected chi connectivity index (χ3v) is 3.27. The molecule has 0 spiro atoms. The summed E-state index contributed by atoms with van der Waals surface area (Å²) in [6, 6.07) is 2.92. The van der Waals surface area contributed by atoms with E-state index in [1.54, 1.807) is 24.7 Å². The van der Waals surface area contributed by atoms with Gasteiger partial charge in [0.15, 0.2) is 0 Å². The summed E-state index contributed by atoms with van der Waals surface area (Å²) in [6.45, 7) is 0.417. The van der Waals surface area contributed by atoms with Crippen molar-refractivity contribution in [2.75, 3.05) is 12.4 Å². The zero-order chi connectivity index (χ0) is 15.2. The summed E-state index contributed by atoms with van der Waals surface area (Å²) >= 11 is 1.48. The zero-order valence-electron chi connectivity index (χ0n) is 11.3. The molecule has 0 aromatic carbocycles. The van der Waals surface area contributed by atoms with Gasteiger partial charge in [-0.25, -0.2) is 9.78 Å². The van der Waals surface area contributed by atoms with Gasteiger partial charge in [-0.1, -0.05) is 0 Å². The highest BCUT2D eigenvalue weighted by Crippen LogP contribution is 2.09. The molecule has 2 amide bonds. The van der Waals surface area contributed by atoms with Crippen LogP contribution in [0.5, 0.6) is 0 Å². The van der Waals surface area contributed by atoms with Crippen molar-refractivity contribution in [2.24, 2.45) is 0 Å². The highest BCUT2D eigenvalue weighted by Gasteiger charge is 2.11. The number of carboxylic acids is 1. The number of aromatic nitrogens is 2. The van der Waals surface area contributed by atoms with Crippen LogP contribution in [0.2, 0.25) is 0 Å². The van der Waals surface area contributed by atoms with Crippen molar-refractivity contribution < 1.29 is 14.7 Å². The molecule has 0 bridgehead atoms. The lowest BCUT2D eigenvalue weighted by Gasteiger charge is -2.16. The van der Waals surface area contributed by atoms with E-state index in [1.165, 1.54) is 22.4 Å². The Hall–Kier alpha value is -2.48. The molecule has 0 radical (unpaired) electrons. The molecule has 2 heterocycles. The number of aliphatic carboxylic acids is 1. The number of nitrogens with zero attached hydrogens (tertiary/aromatic N) is 3. The molecular formula is C13H14N4O3S. The van der Waals surface area contributed by atoms with E-state index in [-0.39, 0.29) is 12.5 Å². The first-order chi connectivity index (χ1) is 10.0. The third-order valence-electron chi connectivity index (χ3n) is 2.64. The second-order valence-corrected chi connectivity index (χ2v) is 5.09. The number of nitrogens with one attached hydrogen (secondary N) is 1. The van der Waals surface area contributed by atoms with Crippen LogP contribution in [0.1, 0.15) is 11.4 Å². The van der Waals surface area contributed by atoms with Crippen LogP contribution < -0.4 is 5.32 Å². The molecule has 21 heavy (non-hydrogen) atoms. The number of hydrogen-bond acceptors (Lipinski definition) is 5. The van der Waals surface area contributed by atoms with Crippen molar-refractivity contribution in [3.05, 3.63) is 40.6 Å². The van der Waals surface area contributed by atoms with Gasteiger partial charge in [0.2, 0.25) is 0 Å². The van der Waals surface area contributed by atoms with Gasteiger partial charge < -0.3 is 15.3 Å². The lowest BCUT2D eigenvalue weighted by molar-refractivity contribution is -0.136. The maximum Gasteiger partial charge on any atom is 0.321 e. The minimum absolute atomic E-state index is 0.141. The van der Waals surface area contributed by atoms with Crippen molar-refractivity contribution >= 4 is 29.0 Å². The summed E-state index contributed by atoms with van der Waals surface area (Å²) in [5, 5.41) is 13.2. The number of hydrogen-bond donors (Lipinski definition) is 2. The van der Waals surface area contributed by atoms with Crippen LogP contribution in [0, 0.1) is 0 Å². The predicted octanol–water partition coefficient (Wildman–Crippen LogP) is 1.83. The van der Waals surface area contributed by atoms with Crippen LogP contribution in [0.15, 0.2) is 29.2 Å². The van der Waals surface area contributed by atoms with E-state index in [4.69, 9.17) is 5.11 Å². The van der Waals surface area contributed by atoms with Crippen molar-refractivity contribution in [1.82, 2.24) is 14.9 Å². The van der Waals surface area contributed by atoms with E-state index in [0.29, 0.717) is 17.9 Å². The summed E-state index contributed by atoms with van der Waals surface area (Å²) in [5.74, 6) is -0.942. The van der Waals surface area contributed by atoms with Gasteiger partial charge in [-0.2, -0.15) is 0 Å². The van der Waals surface area contributed by atoms with Crippen molar-refractivity contribution in [1.29, 1.82) is 0 Å². The number of urea groups is 1. The molecular weight excluding hydrogens is 292 g/mol. The molecule has 110 valence electrons. The summed E-state index contributed by atoms with van der Waals surface area (Å²) < 4.78 is 0. The topological polar surface area (TPSA) is 95.4 Å². The van der Waals surface area contributed by atoms with Crippen LogP contribution in [0.4, 0.5) is 10.5 Å². The summed E-state index contributed by atoms with van der Waals surface area (Å²) in [6.07, 6.45) is 1.30. The lowest BCUT2D eigenvalue weighted by Crippen LogP contribution is -2.31. The van der Waals surface area contributed by atoms with E-state index in [2.05, 4.69) is 15.3 Å². The number of pyridine rings is 1. The zero-order valence-corrected chi connectivity index (χ0v) is 12.1. The normalized spacial score (nSPS) is 10.1. The van der Waals surface area contributed by atoms with Crippen molar-refractivity contribution in [3.63, 3.8) is 0 Å². The van der Waals surface area contributed by atoms with Crippen LogP contribution in [-0.4, -0.2) is 39.0 Å². The minimum Gasteiger partial charge on any atom is -0.481 e. The SMILES string of the molecule is CN(Cc1cscn1)C(=O)Nc1ccc(CC(=O)O)nc1. The van der Waals surface area contributed by atoms with Crippen molar-refractivity contribution in [2.45, 2.75) is 13.0 Å². The first-order valence-electron chi connectivity index (χ1n) is 6.10. The second kappa shape index (κ2) is 6.80. The van der Waals surface area contributed by atoms with E-state index >= 15 is 0 Å². The molecule has 2 aromatic heterocycles. The molecule has 0 aliphatic rings. The van der Waals surface area contributed by atoms with Gasteiger partial charge in [0.05, 0.1) is 41.7 Å². The van der Waals surface area contributed by atoms with Crippen LogP contribution in [-0.2, 0) is 17.8 Å². The van der Waals surface area contributed by atoms with E-state index in [9.17, 15) is 9.59 Å². The summed E-state index contributed by atoms with van der Waals surface area (Å²) in [5.41, 5.74) is 3.50. The quantitative estimate of drug-likeness (QED) is 0.878. The number of thiazole rings is 1. The maximum absolute atomic E-state index is 12.0. The predicted molar refractivity (Wildman–Crippen MR) is 78.2 cm³/mol. The first-order valence-corrected chi connectivity index (χ1v) is 7.05. The Kier molecular flexibility index (Phi) is 4.83. The molecule has 2 rings (SSSR count). The number of anilines is 1. The highest BCUT2D eigenvalue weighted by molar-refractivity contribution is 7.07. The number of carbonyl (C=O) groups excluding carboxylic acids is 1. The van der Waals surface area contributed by atoms with Crippen LogP contribution >= 0.6 is 11.3 Å². The second-order valence-electron chi connectivity index (χ2n) is 4.37. The number of carbonyl (C=O) groups is 2. The Morgan fingerprint density at radius 2 is 2.14 bits per heavy atom. The van der Waals surface area contributed by atoms with E-state index in [1.807, 2.05) is 5.38 Å². The Morgan fingerprint density at radius 3 is 2.71 bits per heavy atom. The fourth-order valence-corrected chi connectivity index (χ4v) is 2.16. The summed E-state index contributed by atoms with van der Waals surface area (Å²) in [4.78, 5) is 32.1. The number of carboxylic acid groups (broad SMARTS) is 1. The molecule has 0 aliphatic heterocycles. The Morgan fingerprint density at radius 1 is 1.33 bits per heavy atom. The van der Waals surface area contributed by atoms with Crippen LogP contribution in [0.25, 0.3) is 0 Å². The fourth-order valence-electron chi connectivity index (χ4n) is 1.61. The average Bonchev–Trinajstić information content (AvgIpc) is 2.93. The smallest absolute Gasteiger partial charge is 0.321 e. The standard InChI is InChI=1S/C13H14N4O3S/c1-17(6-11-7-21-8-15-11)13(20)16-10-3-2-9(14-5-10)4-12(18)19/h2-3,5,7-8H,4,6H2,1H3,(H,16,20)(H,18,19). The van der Waals surface area contributed by atoms with Crippen LogP contribution in [0.3, 0.4) is 0 Å². The third kappa shape index (κ3) is 4.53. The number of amides is 2. The molecule has 2 aromatic rings. The van der Waals surface area contributed by atoms with Gasteiger partial charge in [-0.15, -0.1) is 11.3 Å². The Balaban J connectivity index is 1.91. The Bertz CT molecular complexity index is 613. The number of rotatable bonds is 5. The average molecular weight is 306 g/mol. The van der Waals surface area contributed by atoms with Gasteiger partial charge in [-0.05, 0) is 12.1 Å². The summed E-state index contributed by atoms with van der Waals surface area (Å²) in [7, 11) is 1.67. The molecule has 0 saturated carbocycles. The lowest BCUT2D eigenvalue weighted by atomic mass is 10.2. The molecule has 0 unspecified atom stereocenters. The van der Waals surface area contributed by atoms with Gasteiger partial charge in [0, 0.05) is 12.4 Å². The van der Waals surface area contributed by atoms with E-state index in [0.717, 1.165) is 5.69 Å². The fraction of sp³-hybridized carbons (Fsp3) is 0.231. The van der Waals surface area contributed by atoms with Gasteiger partial charge in [-0.3, -0.25) is 9.78 Å². The minimum atomic E-state index is -0.942. The van der Waals surface area contributed by atoms with Gasteiger partial charge in [0.1, 0.15) is 0 Å². The van der Waals surface area contributed by atoms with Gasteiger partial charge >= 0.3 is 12.0 Å². The van der Waals surface area contributed by atoms with Crippen molar-refractivity contribution in [3.8, 4) is 0 Å².